The zero-order chi connectivity index (χ0) is 32.6. The minimum atomic E-state index is -1.74. The molecule has 0 radical (unpaired) electrons. The Hall–Kier alpha value is -5.62. The van der Waals surface area contributed by atoms with E-state index in [1.165, 1.54) is 12.3 Å². The zero-order valence-electron chi connectivity index (χ0n) is 23.6. The summed E-state index contributed by atoms with van der Waals surface area (Å²) in [6.45, 7) is 0. The standard InChI is InChI=1S/C34H23F4N3O4S/c35-25-19-26(36)29(38)30(28(25)37)41-34(44)31(20-9-3-1-4-10-20)46-24-15-7-13-22(17-24)39-33(43)27(18-23-14-8-16-45-23)40-32(42)21-11-5-2-6-12-21/h1-19,31H,(H,39,43)(H,40,42)(H,41,44)/b27-18-. The highest BCUT2D eigenvalue weighted by atomic mass is 32.2. The van der Waals surface area contributed by atoms with E-state index in [9.17, 15) is 31.9 Å². The van der Waals surface area contributed by atoms with E-state index >= 15 is 0 Å². The number of benzene rings is 4. The van der Waals surface area contributed by atoms with Crippen molar-refractivity contribution in [3.8, 4) is 0 Å². The van der Waals surface area contributed by atoms with Crippen molar-refractivity contribution in [3.63, 3.8) is 0 Å². The summed E-state index contributed by atoms with van der Waals surface area (Å²) in [4.78, 5) is 40.0. The Labute approximate surface area is 264 Å². The van der Waals surface area contributed by atoms with E-state index in [1.54, 1.807) is 97.1 Å². The van der Waals surface area contributed by atoms with E-state index in [0.29, 0.717) is 21.8 Å². The molecule has 0 fully saturated rings. The molecule has 1 aromatic heterocycles. The van der Waals surface area contributed by atoms with Crippen LogP contribution in [0.25, 0.3) is 6.08 Å². The molecule has 3 N–H and O–H groups in total. The van der Waals surface area contributed by atoms with E-state index < -0.39 is 51.9 Å². The van der Waals surface area contributed by atoms with Crippen LogP contribution in [0.1, 0.15) is 26.9 Å². The van der Waals surface area contributed by atoms with Crippen molar-refractivity contribution in [2.75, 3.05) is 10.6 Å². The predicted octanol–water partition coefficient (Wildman–Crippen LogP) is 7.72. The van der Waals surface area contributed by atoms with Gasteiger partial charge in [0.1, 0.15) is 22.4 Å². The number of carbonyl (C=O) groups excluding carboxylic acids is 3. The van der Waals surface area contributed by atoms with Gasteiger partial charge in [0.2, 0.25) is 5.91 Å². The first-order chi connectivity index (χ1) is 22.2. The number of nitrogens with one attached hydrogen (secondary N) is 3. The highest BCUT2D eigenvalue weighted by Gasteiger charge is 2.27. The van der Waals surface area contributed by atoms with Crippen LogP contribution in [0, 0.1) is 23.3 Å². The lowest BCUT2D eigenvalue weighted by Crippen LogP contribution is -2.30. The summed E-state index contributed by atoms with van der Waals surface area (Å²) < 4.78 is 61.6. The molecule has 1 unspecified atom stereocenters. The molecule has 0 bridgehead atoms. The second-order valence-electron chi connectivity index (χ2n) is 9.62. The van der Waals surface area contributed by atoms with Crippen molar-refractivity contribution < 1.29 is 36.4 Å². The lowest BCUT2D eigenvalue weighted by atomic mass is 10.1. The maximum absolute atomic E-state index is 14.3. The molecule has 7 nitrogen and oxygen atoms in total. The number of hydrogen-bond acceptors (Lipinski definition) is 5. The molecule has 0 aliphatic heterocycles. The molecule has 12 heteroatoms. The third kappa shape index (κ3) is 7.71. The van der Waals surface area contributed by atoms with Crippen molar-refractivity contribution in [2.45, 2.75) is 10.1 Å². The Morgan fingerprint density at radius 2 is 1.41 bits per heavy atom. The normalized spacial score (nSPS) is 11.9. The Bertz CT molecular complexity index is 1880. The van der Waals surface area contributed by atoms with Crippen molar-refractivity contribution in [3.05, 3.63) is 155 Å². The molecule has 3 amide bonds. The Morgan fingerprint density at radius 3 is 2.07 bits per heavy atom. The van der Waals surface area contributed by atoms with Crippen molar-refractivity contribution in [1.82, 2.24) is 5.32 Å². The van der Waals surface area contributed by atoms with Crippen LogP contribution in [0.4, 0.5) is 28.9 Å². The smallest absolute Gasteiger partial charge is 0.272 e. The van der Waals surface area contributed by atoms with Crippen LogP contribution in [-0.2, 0) is 9.59 Å². The number of furan rings is 1. The molecule has 0 aliphatic rings. The van der Waals surface area contributed by atoms with Gasteiger partial charge in [-0.25, -0.2) is 17.6 Å². The molecule has 0 aliphatic carbocycles. The van der Waals surface area contributed by atoms with Gasteiger partial charge in [0.05, 0.1) is 6.26 Å². The molecule has 232 valence electrons. The number of amides is 3. The largest absolute Gasteiger partial charge is 0.465 e. The quantitative estimate of drug-likeness (QED) is 0.0625. The fraction of sp³-hybridized carbons (Fsp3) is 0.0294. The Kier molecular flexibility index (Phi) is 9.98. The predicted molar refractivity (Wildman–Crippen MR) is 166 cm³/mol. The molecule has 0 saturated heterocycles. The van der Waals surface area contributed by atoms with Crippen LogP contribution in [0.2, 0.25) is 0 Å². The van der Waals surface area contributed by atoms with E-state index in [2.05, 4.69) is 10.6 Å². The van der Waals surface area contributed by atoms with Crippen LogP contribution in [0.5, 0.6) is 0 Å². The summed E-state index contributed by atoms with van der Waals surface area (Å²) in [7, 11) is 0. The minimum absolute atomic E-state index is 0.0475. The molecule has 1 atom stereocenters. The maximum Gasteiger partial charge on any atom is 0.272 e. The Balaban J connectivity index is 1.38. The van der Waals surface area contributed by atoms with E-state index in [1.807, 2.05) is 5.32 Å². The number of halogens is 4. The van der Waals surface area contributed by atoms with Gasteiger partial charge in [-0.15, -0.1) is 11.8 Å². The number of hydrogen-bond donors (Lipinski definition) is 3. The average molecular weight is 646 g/mol. The first-order valence-corrected chi connectivity index (χ1v) is 14.5. The van der Waals surface area contributed by atoms with E-state index in [-0.39, 0.29) is 17.5 Å². The highest BCUT2D eigenvalue weighted by molar-refractivity contribution is 8.00. The first-order valence-electron chi connectivity index (χ1n) is 13.6. The van der Waals surface area contributed by atoms with Crippen molar-refractivity contribution >= 4 is 46.9 Å². The number of anilines is 2. The van der Waals surface area contributed by atoms with Gasteiger partial charge in [-0.2, -0.15) is 0 Å². The minimum Gasteiger partial charge on any atom is -0.465 e. The molecule has 4 aromatic carbocycles. The average Bonchev–Trinajstić information content (AvgIpc) is 3.58. The van der Waals surface area contributed by atoms with Crippen LogP contribution in [0.15, 0.2) is 124 Å². The van der Waals surface area contributed by atoms with Crippen LogP contribution in [-0.4, -0.2) is 17.7 Å². The molecular weight excluding hydrogens is 622 g/mol. The SMILES string of the molecule is O=C(Nc1cccc(SC(C(=O)Nc2c(F)c(F)cc(F)c2F)c2ccccc2)c1)/C(=C/c1ccco1)NC(=O)c1ccccc1. The highest BCUT2D eigenvalue weighted by Crippen LogP contribution is 2.38. The molecule has 5 rings (SSSR count). The molecular formula is C34H23F4N3O4S. The number of carbonyl (C=O) groups is 3. The van der Waals surface area contributed by atoms with E-state index in [4.69, 9.17) is 4.42 Å². The molecule has 5 aromatic rings. The summed E-state index contributed by atoms with van der Waals surface area (Å²) in [6.07, 6.45) is 2.77. The second kappa shape index (κ2) is 14.4. The van der Waals surface area contributed by atoms with E-state index in [0.717, 1.165) is 11.8 Å². The van der Waals surface area contributed by atoms with Gasteiger partial charge >= 0.3 is 0 Å². The summed E-state index contributed by atoms with van der Waals surface area (Å²) in [5.41, 5.74) is -0.339. The summed E-state index contributed by atoms with van der Waals surface area (Å²) in [5.74, 6) is -8.67. The molecule has 1 heterocycles. The maximum atomic E-state index is 14.3. The van der Waals surface area contributed by atoms with Gasteiger partial charge in [0.15, 0.2) is 23.3 Å². The lowest BCUT2D eigenvalue weighted by molar-refractivity contribution is -0.116. The lowest BCUT2D eigenvalue weighted by Gasteiger charge is -2.18. The van der Waals surface area contributed by atoms with Crippen molar-refractivity contribution in [2.24, 2.45) is 0 Å². The summed E-state index contributed by atoms with van der Waals surface area (Å²) in [6, 6.07) is 26.1. The monoisotopic (exact) mass is 645 g/mol. The summed E-state index contributed by atoms with van der Waals surface area (Å²) in [5, 5.41) is 6.13. The van der Waals surface area contributed by atoms with Crippen molar-refractivity contribution in [1.29, 1.82) is 0 Å². The second-order valence-corrected chi connectivity index (χ2v) is 10.8. The molecule has 0 spiro atoms. The number of rotatable bonds is 10. The van der Waals surface area contributed by atoms with Gasteiger partial charge < -0.3 is 20.4 Å². The third-order valence-electron chi connectivity index (χ3n) is 6.40. The van der Waals surface area contributed by atoms with Gasteiger partial charge in [-0.3, -0.25) is 14.4 Å². The van der Waals surface area contributed by atoms with Gasteiger partial charge in [0.25, 0.3) is 11.8 Å². The van der Waals surface area contributed by atoms with Crippen LogP contribution >= 0.6 is 11.8 Å². The van der Waals surface area contributed by atoms with Gasteiger partial charge in [0, 0.05) is 28.3 Å². The third-order valence-corrected chi connectivity index (χ3v) is 7.65. The fourth-order valence-corrected chi connectivity index (χ4v) is 5.30. The fourth-order valence-electron chi connectivity index (χ4n) is 4.21. The van der Waals surface area contributed by atoms with Crippen LogP contribution < -0.4 is 16.0 Å². The topological polar surface area (TPSA) is 100 Å². The van der Waals surface area contributed by atoms with Gasteiger partial charge in [-0.05, 0) is 48.0 Å². The summed E-state index contributed by atoms with van der Waals surface area (Å²) >= 11 is 0.956. The Morgan fingerprint density at radius 1 is 0.739 bits per heavy atom. The van der Waals surface area contributed by atoms with Gasteiger partial charge in [-0.1, -0.05) is 54.6 Å². The molecule has 0 saturated carbocycles. The molecule has 46 heavy (non-hydrogen) atoms. The zero-order valence-corrected chi connectivity index (χ0v) is 24.4. The number of thioether (sulfide) groups is 1. The van der Waals surface area contributed by atoms with Crippen LogP contribution in [0.3, 0.4) is 0 Å². The first kappa shape index (κ1) is 31.8.